The molecule has 0 aliphatic heterocycles. The molecule has 3 aromatic heterocycles. The number of benzene rings is 1. The second-order valence-corrected chi connectivity index (χ2v) is 5.52. The van der Waals surface area contributed by atoms with Crippen molar-refractivity contribution < 1.29 is 17.7 Å². The molecule has 0 N–H and O–H groups in total. The van der Waals surface area contributed by atoms with Crippen LogP contribution in [0.5, 0.6) is 0 Å². The number of nitrogens with zero attached hydrogens (tertiary/aromatic N) is 4. The lowest BCUT2D eigenvalue weighted by Crippen LogP contribution is -2.05. The molecule has 4 rings (SSSR count). The van der Waals surface area contributed by atoms with Gasteiger partial charge in [0.25, 0.3) is 0 Å². The molecule has 0 bridgehead atoms. The number of alkyl halides is 3. The van der Waals surface area contributed by atoms with Gasteiger partial charge in [0, 0.05) is 24.4 Å². The Morgan fingerprint density at radius 1 is 1.04 bits per heavy atom. The van der Waals surface area contributed by atoms with Gasteiger partial charge in [0.05, 0.1) is 17.4 Å². The molecule has 0 unspecified atom stereocenters. The van der Waals surface area contributed by atoms with Crippen molar-refractivity contribution in [1.29, 1.82) is 0 Å². The molecule has 0 spiro atoms. The lowest BCUT2D eigenvalue weighted by Gasteiger charge is -2.09. The molecular formula is C17H11F3N4O. The molecule has 0 radical (unpaired) electrons. The van der Waals surface area contributed by atoms with E-state index in [1.54, 1.807) is 18.6 Å². The number of halogens is 3. The quantitative estimate of drug-likeness (QED) is 0.560. The first-order chi connectivity index (χ1) is 12.0. The summed E-state index contributed by atoms with van der Waals surface area (Å²) in [4.78, 5) is 8.51. The highest BCUT2D eigenvalue weighted by Crippen LogP contribution is 2.29. The smallest absolute Gasteiger partial charge is 0.364 e. The molecule has 3 heterocycles. The zero-order chi connectivity index (χ0) is 17.4. The Kier molecular flexibility index (Phi) is 3.52. The Bertz CT molecular complexity index is 1000. The average molecular weight is 344 g/mol. The fraction of sp³-hybridized carbons (Fsp3) is 0.118. The standard InChI is InChI=1S/C17H11F3N4O/c18-17(19,20)13-3-1-11(2-4-13)9-24-10-22-16-15(24)7-12(8-21-16)14-5-6-25-23-14/h1-8,10H,9H2. The first-order valence-electron chi connectivity index (χ1n) is 7.38. The summed E-state index contributed by atoms with van der Waals surface area (Å²) in [5.41, 5.74) is 2.81. The maximum atomic E-state index is 12.6. The Hall–Kier alpha value is -3.16. The van der Waals surface area contributed by atoms with E-state index in [1.807, 2.05) is 10.6 Å². The van der Waals surface area contributed by atoms with E-state index in [-0.39, 0.29) is 0 Å². The van der Waals surface area contributed by atoms with Crippen LogP contribution in [-0.2, 0) is 12.7 Å². The number of pyridine rings is 1. The Morgan fingerprint density at radius 3 is 2.52 bits per heavy atom. The van der Waals surface area contributed by atoms with Crippen LogP contribution in [0.1, 0.15) is 11.1 Å². The number of rotatable bonds is 3. The topological polar surface area (TPSA) is 56.7 Å². The zero-order valence-corrected chi connectivity index (χ0v) is 12.7. The minimum absolute atomic E-state index is 0.387. The summed E-state index contributed by atoms with van der Waals surface area (Å²) in [6, 6.07) is 8.67. The molecule has 0 atom stereocenters. The fourth-order valence-electron chi connectivity index (χ4n) is 2.57. The third kappa shape index (κ3) is 2.98. The van der Waals surface area contributed by atoms with Gasteiger partial charge in [0.1, 0.15) is 12.0 Å². The molecule has 126 valence electrons. The highest BCUT2D eigenvalue weighted by molar-refractivity contribution is 5.77. The van der Waals surface area contributed by atoms with Gasteiger partial charge in [-0.3, -0.25) is 0 Å². The van der Waals surface area contributed by atoms with E-state index in [2.05, 4.69) is 15.1 Å². The van der Waals surface area contributed by atoms with Crippen LogP contribution in [0, 0.1) is 0 Å². The second kappa shape index (κ2) is 5.73. The molecule has 0 amide bonds. The zero-order valence-electron chi connectivity index (χ0n) is 12.7. The highest BCUT2D eigenvalue weighted by atomic mass is 19.4. The maximum Gasteiger partial charge on any atom is 0.416 e. The largest absolute Gasteiger partial charge is 0.416 e. The predicted octanol–water partition coefficient (Wildman–Crippen LogP) is 4.15. The first kappa shape index (κ1) is 15.4. The van der Waals surface area contributed by atoms with Gasteiger partial charge in [0.2, 0.25) is 0 Å². The van der Waals surface area contributed by atoms with Gasteiger partial charge in [0.15, 0.2) is 5.65 Å². The van der Waals surface area contributed by atoms with Crippen LogP contribution < -0.4 is 0 Å². The van der Waals surface area contributed by atoms with Crippen molar-refractivity contribution in [2.45, 2.75) is 12.7 Å². The van der Waals surface area contributed by atoms with E-state index in [9.17, 15) is 13.2 Å². The maximum absolute atomic E-state index is 12.6. The lowest BCUT2D eigenvalue weighted by atomic mass is 10.1. The van der Waals surface area contributed by atoms with E-state index in [0.717, 1.165) is 28.8 Å². The van der Waals surface area contributed by atoms with Crippen LogP contribution in [0.4, 0.5) is 13.2 Å². The molecule has 1 aromatic carbocycles. The van der Waals surface area contributed by atoms with Gasteiger partial charge in [-0.15, -0.1) is 0 Å². The number of hydrogen-bond acceptors (Lipinski definition) is 4. The van der Waals surface area contributed by atoms with Crippen LogP contribution in [0.15, 0.2) is 59.7 Å². The predicted molar refractivity (Wildman–Crippen MR) is 83.6 cm³/mol. The summed E-state index contributed by atoms with van der Waals surface area (Å²) in [5.74, 6) is 0. The highest BCUT2D eigenvalue weighted by Gasteiger charge is 2.29. The molecule has 25 heavy (non-hydrogen) atoms. The molecular weight excluding hydrogens is 333 g/mol. The lowest BCUT2D eigenvalue weighted by molar-refractivity contribution is -0.137. The SMILES string of the molecule is FC(F)(F)c1ccc(Cn2cnc3ncc(-c4ccon4)cc32)cc1. The molecule has 8 heteroatoms. The van der Waals surface area contributed by atoms with Gasteiger partial charge in [-0.25, -0.2) is 9.97 Å². The van der Waals surface area contributed by atoms with Crippen LogP contribution >= 0.6 is 0 Å². The first-order valence-corrected chi connectivity index (χ1v) is 7.38. The average Bonchev–Trinajstić information content (AvgIpc) is 3.24. The number of imidazole rings is 1. The summed E-state index contributed by atoms with van der Waals surface area (Å²) in [5, 5.41) is 3.87. The van der Waals surface area contributed by atoms with E-state index in [1.165, 1.54) is 18.4 Å². The monoisotopic (exact) mass is 344 g/mol. The van der Waals surface area contributed by atoms with Gasteiger partial charge < -0.3 is 9.09 Å². The molecule has 5 nitrogen and oxygen atoms in total. The van der Waals surface area contributed by atoms with Crippen molar-refractivity contribution in [2.24, 2.45) is 0 Å². The summed E-state index contributed by atoms with van der Waals surface area (Å²) in [6.45, 7) is 0.387. The fourth-order valence-corrected chi connectivity index (χ4v) is 2.57. The third-order valence-electron chi connectivity index (χ3n) is 3.84. The number of aromatic nitrogens is 4. The van der Waals surface area contributed by atoms with Gasteiger partial charge in [-0.2, -0.15) is 13.2 Å². The van der Waals surface area contributed by atoms with Gasteiger partial charge >= 0.3 is 6.18 Å². The Morgan fingerprint density at radius 2 is 1.84 bits per heavy atom. The Balaban J connectivity index is 1.66. The van der Waals surface area contributed by atoms with Crippen molar-refractivity contribution in [1.82, 2.24) is 19.7 Å². The molecule has 0 saturated carbocycles. The van der Waals surface area contributed by atoms with Crippen molar-refractivity contribution in [3.63, 3.8) is 0 Å². The van der Waals surface area contributed by atoms with E-state index >= 15 is 0 Å². The van der Waals surface area contributed by atoms with Crippen LogP contribution in [-0.4, -0.2) is 19.7 Å². The van der Waals surface area contributed by atoms with Crippen LogP contribution in [0.3, 0.4) is 0 Å². The summed E-state index contributed by atoms with van der Waals surface area (Å²) < 4.78 is 44.6. The van der Waals surface area contributed by atoms with E-state index < -0.39 is 11.7 Å². The van der Waals surface area contributed by atoms with E-state index in [0.29, 0.717) is 17.9 Å². The minimum Gasteiger partial charge on any atom is -0.364 e. The summed E-state index contributed by atoms with van der Waals surface area (Å²) in [6.07, 6.45) is 0.396. The van der Waals surface area contributed by atoms with Crippen molar-refractivity contribution in [3.05, 3.63) is 66.3 Å². The summed E-state index contributed by atoms with van der Waals surface area (Å²) in [7, 11) is 0. The van der Waals surface area contributed by atoms with Crippen LogP contribution in [0.25, 0.3) is 22.4 Å². The minimum atomic E-state index is -4.34. The molecule has 0 saturated heterocycles. The molecule has 0 aliphatic rings. The molecule has 0 aliphatic carbocycles. The van der Waals surface area contributed by atoms with E-state index in [4.69, 9.17) is 4.52 Å². The number of hydrogen-bond donors (Lipinski definition) is 0. The van der Waals surface area contributed by atoms with Crippen molar-refractivity contribution in [3.8, 4) is 11.3 Å². The Labute approximate surface area is 139 Å². The third-order valence-corrected chi connectivity index (χ3v) is 3.84. The summed E-state index contributed by atoms with van der Waals surface area (Å²) >= 11 is 0. The normalized spacial score (nSPS) is 12.0. The van der Waals surface area contributed by atoms with Crippen molar-refractivity contribution in [2.75, 3.05) is 0 Å². The molecule has 4 aromatic rings. The van der Waals surface area contributed by atoms with Crippen molar-refractivity contribution >= 4 is 11.2 Å². The number of fused-ring (bicyclic) bond motifs is 1. The van der Waals surface area contributed by atoms with Gasteiger partial charge in [-0.1, -0.05) is 17.3 Å². The van der Waals surface area contributed by atoms with Gasteiger partial charge in [-0.05, 0) is 23.8 Å². The molecule has 0 fully saturated rings. The second-order valence-electron chi connectivity index (χ2n) is 5.52. The van der Waals surface area contributed by atoms with Crippen LogP contribution in [0.2, 0.25) is 0 Å².